The molecule has 1 unspecified atom stereocenters. The van der Waals surface area contributed by atoms with Crippen LogP contribution in [0.25, 0.3) is 0 Å². The van der Waals surface area contributed by atoms with Crippen molar-refractivity contribution >= 4 is 17.4 Å². The summed E-state index contributed by atoms with van der Waals surface area (Å²) in [6, 6.07) is 8.91. The van der Waals surface area contributed by atoms with Crippen LogP contribution in [0.15, 0.2) is 42.6 Å². The Hall–Kier alpha value is -2.10. The van der Waals surface area contributed by atoms with Crippen molar-refractivity contribution in [3.63, 3.8) is 0 Å². The second kappa shape index (κ2) is 5.49. The van der Waals surface area contributed by atoms with Gasteiger partial charge in [0.15, 0.2) is 5.78 Å². The number of anilines is 1. The second-order valence-corrected chi connectivity index (χ2v) is 4.00. The maximum Gasteiger partial charge on any atom is 0.329 e. The molecular weight excluding hydrogens is 230 g/mol. The summed E-state index contributed by atoms with van der Waals surface area (Å²) in [6.45, 7) is 2.07. The van der Waals surface area contributed by atoms with Crippen molar-refractivity contribution in [2.75, 3.05) is 11.5 Å². The lowest BCUT2D eigenvalue weighted by molar-refractivity contribution is -0.145. The molecule has 1 heterocycles. The third kappa shape index (κ3) is 2.59. The molecule has 0 spiro atoms. The summed E-state index contributed by atoms with van der Waals surface area (Å²) in [5.41, 5.74) is 0.874. The van der Waals surface area contributed by atoms with E-state index in [2.05, 4.69) is 0 Å². The van der Waals surface area contributed by atoms with Gasteiger partial charge in [-0.15, -0.1) is 0 Å². The molecule has 2 rings (SSSR count). The smallest absolute Gasteiger partial charge is 0.329 e. The molecule has 4 nitrogen and oxygen atoms in total. The van der Waals surface area contributed by atoms with Crippen molar-refractivity contribution in [2.45, 2.75) is 19.4 Å². The van der Waals surface area contributed by atoms with Crippen LogP contribution in [0, 0.1) is 0 Å². The van der Waals surface area contributed by atoms with E-state index in [1.807, 2.05) is 30.3 Å². The Balaban J connectivity index is 2.27. The van der Waals surface area contributed by atoms with Gasteiger partial charge >= 0.3 is 5.97 Å². The van der Waals surface area contributed by atoms with Gasteiger partial charge in [-0.1, -0.05) is 18.2 Å². The van der Waals surface area contributed by atoms with Crippen molar-refractivity contribution in [3.8, 4) is 0 Å². The van der Waals surface area contributed by atoms with Gasteiger partial charge in [-0.3, -0.25) is 4.79 Å². The molecule has 18 heavy (non-hydrogen) atoms. The minimum Gasteiger partial charge on any atom is -0.464 e. The Kier molecular flexibility index (Phi) is 3.77. The lowest BCUT2D eigenvalue weighted by Gasteiger charge is -2.30. The highest BCUT2D eigenvalue weighted by Gasteiger charge is 2.30. The average molecular weight is 245 g/mol. The summed E-state index contributed by atoms with van der Waals surface area (Å²) in [4.78, 5) is 25.1. The van der Waals surface area contributed by atoms with Gasteiger partial charge in [-0.25, -0.2) is 4.79 Å². The predicted octanol–water partition coefficient (Wildman–Crippen LogP) is 1.91. The lowest BCUT2D eigenvalue weighted by atomic mass is 10.0. The molecule has 4 heteroatoms. The molecule has 1 aliphatic rings. The molecule has 0 aromatic heterocycles. The Morgan fingerprint density at radius 2 is 2.11 bits per heavy atom. The first kappa shape index (κ1) is 12.4. The van der Waals surface area contributed by atoms with Gasteiger partial charge < -0.3 is 9.64 Å². The predicted molar refractivity (Wildman–Crippen MR) is 68.1 cm³/mol. The van der Waals surface area contributed by atoms with Crippen LogP contribution in [-0.2, 0) is 14.3 Å². The molecule has 94 valence electrons. The summed E-state index contributed by atoms with van der Waals surface area (Å²) in [5, 5.41) is 0. The third-order valence-electron chi connectivity index (χ3n) is 2.76. The number of ether oxygens (including phenoxy) is 1. The minimum absolute atomic E-state index is 0.0553. The SMILES string of the molecule is CCOC(=O)C1CC(=O)C=CN1c1ccccc1. The number of para-hydroxylation sites is 1. The van der Waals surface area contributed by atoms with E-state index in [0.717, 1.165) is 5.69 Å². The first-order valence-corrected chi connectivity index (χ1v) is 5.93. The number of carbonyl (C=O) groups excluding carboxylic acids is 2. The number of rotatable bonds is 3. The van der Waals surface area contributed by atoms with Crippen LogP contribution in [-0.4, -0.2) is 24.4 Å². The van der Waals surface area contributed by atoms with Crippen LogP contribution in [0.4, 0.5) is 5.69 Å². The zero-order chi connectivity index (χ0) is 13.0. The molecular formula is C14H15NO3. The lowest BCUT2D eigenvalue weighted by Crippen LogP contribution is -2.42. The Labute approximate surface area is 106 Å². The van der Waals surface area contributed by atoms with Crippen LogP contribution < -0.4 is 4.90 Å². The Bertz CT molecular complexity index is 467. The van der Waals surface area contributed by atoms with Crippen LogP contribution in [0.5, 0.6) is 0 Å². The van der Waals surface area contributed by atoms with E-state index in [4.69, 9.17) is 4.74 Å². The number of esters is 1. The van der Waals surface area contributed by atoms with E-state index in [1.165, 1.54) is 6.08 Å². The quantitative estimate of drug-likeness (QED) is 0.763. The minimum atomic E-state index is -0.565. The second-order valence-electron chi connectivity index (χ2n) is 4.00. The average Bonchev–Trinajstić information content (AvgIpc) is 2.40. The zero-order valence-corrected chi connectivity index (χ0v) is 10.2. The highest BCUT2D eigenvalue weighted by Crippen LogP contribution is 2.23. The zero-order valence-electron chi connectivity index (χ0n) is 10.2. The van der Waals surface area contributed by atoms with Crippen molar-refractivity contribution in [1.29, 1.82) is 0 Å². The van der Waals surface area contributed by atoms with Gasteiger partial charge in [0, 0.05) is 18.3 Å². The number of nitrogens with zero attached hydrogens (tertiary/aromatic N) is 1. The van der Waals surface area contributed by atoms with Crippen molar-refractivity contribution in [3.05, 3.63) is 42.6 Å². The summed E-state index contributed by atoms with van der Waals surface area (Å²) < 4.78 is 5.01. The number of hydrogen-bond acceptors (Lipinski definition) is 4. The normalized spacial score (nSPS) is 18.8. The molecule has 0 aliphatic carbocycles. The maximum absolute atomic E-state index is 11.9. The maximum atomic E-state index is 11.9. The first-order chi connectivity index (χ1) is 8.72. The molecule has 1 aliphatic heterocycles. The van der Waals surface area contributed by atoms with E-state index in [1.54, 1.807) is 18.0 Å². The molecule has 1 aromatic carbocycles. The fraction of sp³-hybridized carbons (Fsp3) is 0.286. The molecule has 1 atom stereocenters. The molecule has 0 amide bonds. The molecule has 0 fully saturated rings. The fourth-order valence-electron chi connectivity index (χ4n) is 1.93. The van der Waals surface area contributed by atoms with Gasteiger partial charge in [0.2, 0.25) is 0 Å². The molecule has 0 radical (unpaired) electrons. The monoisotopic (exact) mass is 245 g/mol. The van der Waals surface area contributed by atoms with E-state index in [-0.39, 0.29) is 18.2 Å². The van der Waals surface area contributed by atoms with Gasteiger partial charge in [-0.05, 0) is 25.1 Å². The van der Waals surface area contributed by atoms with Crippen LogP contribution >= 0.6 is 0 Å². The fourth-order valence-corrected chi connectivity index (χ4v) is 1.93. The van der Waals surface area contributed by atoms with Crippen LogP contribution in [0.2, 0.25) is 0 Å². The summed E-state index contributed by atoms with van der Waals surface area (Å²) in [7, 11) is 0. The number of benzene rings is 1. The van der Waals surface area contributed by atoms with E-state index < -0.39 is 6.04 Å². The number of carbonyl (C=O) groups is 2. The first-order valence-electron chi connectivity index (χ1n) is 5.93. The summed E-state index contributed by atoms with van der Waals surface area (Å²) in [6.07, 6.45) is 3.29. The van der Waals surface area contributed by atoms with Gasteiger partial charge in [0.25, 0.3) is 0 Å². The number of ketones is 1. The van der Waals surface area contributed by atoms with Gasteiger partial charge in [0.1, 0.15) is 6.04 Å². The summed E-state index contributed by atoms with van der Waals surface area (Å²) in [5.74, 6) is -0.417. The standard InChI is InChI=1S/C14H15NO3/c1-2-18-14(17)13-10-12(16)8-9-15(13)11-6-4-3-5-7-11/h3-9,13H,2,10H2,1H3. The third-order valence-corrected chi connectivity index (χ3v) is 2.76. The molecule has 0 bridgehead atoms. The molecule has 0 saturated heterocycles. The number of allylic oxidation sites excluding steroid dienone is 1. The van der Waals surface area contributed by atoms with E-state index in [9.17, 15) is 9.59 Å². The van der Waals surface area contributed by atoms with Crippen LogP contribution in [0.3, 0.4) is 0 Å². The molecule has 0 N–H and O–H groups in total. The topological polar surface area (TPSA) is 46.6 Å². The highest BCUT2D eigenvalue weighted by atomic mass is 16.5. The van der Waals surface area contributed by atoms with E-state index in [0.29, 0.717) is 6.61 Å². The molecule has 1 aromatic rings. The molecule has 0 saturated carbocycles. The van der Waals surface area contributed by atoms with Gasteiger partial charge in [0.05, 0.1) is 6.61 Å². The van der Waals surface area contributed by atoms with Crippen molar-refractivity contribution in [1.82, 2.24) is 0 Å². The van der Waals surface area contributed by atoms with E-state index >= 15 is 0 Å². The van der Waals surface area contributed by atoms with Crippen LogP contribution in [0.1, 0.15) is 13.3 Å². The largest absolute Gasteiger partial charge is 0.464 e. The van der Waals surface area contributed by atoms with Crippen molar-refractivity contribution in [2.24, 2.45) is 0 Å². The highest BCUT2D eigenvalue weighted by molar-refractivity contribution is 5.97. The Morgan fingerprint density at radius 3 is 2.78 bits per heavy atom. The summed E-state index contributed by atoms with van der Waals surface area (Å²) >= 11 is 0. The van der Waals surface area contributed by atoms with Crippen molar-refractivity contribution < 1.29 is 14.3 Å². The van der Waals surface area contributed by atoms with Gasteiger partial charge in [-0.2, -0.15) is 0 Å². The Morgan fingerprint density at radius 1 is 1.39 bits per heavy atom. The number of hydrogen-bond donors (Lipinski definition) is 0.